The molecule has 0 bridgehead atoms. The van der Waals surface area contributed by atoms with Gasteiger partial charge in [-0.1, -0.05) is 20.8 Å². The molecule has 1 rings (SSSR count). The largest absolute Gasteiger partial charge is 0.448 e. The minimum absolute atomic E-state index is 0.130. The Morgan fingerprint density at radius 3 is 2.43 bits per heavy atom. The van der Waals surface area contributed by atoms with E-state index in [2.05, 4.69) is 4.98 Å². The van der Waals surface area contributed by atoms with Crippen LogP contribution in [0, 0.1) is 0 Å². The molecular formula is C8H12ClNO3S. The summed E-state index contributed by atoms with van der Waals surface area (Å²) in [5.41, 5.74) is 0.561. The lowest BCUT2D eigenvalue weighted by Gasteiger charge is -2.12. The van der Waals surface area contributed by atoms with Crippen LogP contribution in [0.4, 0.5) is 0 Å². The maximum atomic E-state index is 10.7. The predicted octanol–water partition coefficient (Wildman–Crippen LogP) is 2.04. The number of rotatable bonds is 2. The summed E-state index contributed by atoms with van der Waals surface area (Å²) in [4.78, 5) is 4.04. The van der Waals surface area contributed by atoms with Gasteiger partial charge in [-0.25, -0.2) is 13.4 Å². The van der Waals surface area contributed by atoms with Crippen molar-refractivity contribution in [2.45, 2.75) is 31.9 Å². The highest BCUT2D eigenvalue weighted by molar-refractivity contribution is 8.13. The average molecular weight is 238 g/mol. The molecule has 0 fully saturated rings. The first kappa shape index (κ1) is 11.5. The van der Waals surface area contributed by atoms with Crippen LogP contribution in [-0.4, -0.2) is 13.4 Å². The summed E-state index contributed by atoms with van der Waals surface area (Å²) in [6.07, 6.45) is 1.46. The van der Waals surface area contributed by atoms with Gasteiger partial charge < -0.3 is 4.42 Å². The van der Waals surface area contributed by atoms with Crippen molar-refractivity contribution < 1.29 is 12.8 Å². The molecule has 1 heterocycles. The van der Waals surface area contributed by atoms with Crippen LogP contribution < -0.4 is 0 Å². The molecule has 0 aliphatic heterocycles. The molecule has 1 aromatic heterocycles. The van der Waals surface area contributed by atoms with Crippen molar-refractivity contribution in [3.05, 3.63) is 17.8 Å². The van der Waals surface area contributed by atoms with E-state index >= 15 is 0 Å². The Bertz CT molecular complexity index is 416. The van der Waals surface area contributed by atoms with E-state index in [0.29, 0.717) is 5.69 Å². The van der Waals surface area contributed by atoms with Crippen LogP contribution in [0.2, 0.25) is 0 Å². The van der Waals surface area contributed by atoms with Crippen LogP contribution in [0.1, 0.15) is 32.4 Å². The fourth-order valence-electron chi connectivity index (χ4n) is 0.869. The topological polar surface area (TPSA) is 60.2 Å². The van der Waals surface area contributed by atoms with Crippen LogP contribution in [-0.2, 0) is 20.2 Å². The van der Waals surface area contributed by atoms with Crippen LogP contribution in [0.15, 0.2) is 10.7 Å². The Hall–Kier alpha value is -0.550. The molecule has 0 N–H and O–H groups in total. The molecule has 0 amide bonds. The van der Waals surface area contributed by atoms with Crippen molar-refractivity contribution in [1.29, 1.82) is 0 Å². The molecule has 80 valence electrons. The number of aromatic nitrogens is 1. The first-order valence-corrected chi connectivity index (χ1v) is 6.53. The highest BCUT2D eigenvalue weighted by atomic mass is 35.7. The smallest absolute Gasteiger partial charge is 0.241 e. The minimum atomic E-state index is -3.59. The fourth-order valence-corrected chi connectivity index (χ4v) is 1.58. The van der Waals surface area contributed by atoms with E-state index in [9.17, 15) is 8.42 Å². The number of oxazole rings is 1. The molecule has 0 radical (unpaired) electrons. The summed E-state index contributed by atoms with van der Waals surface area (Å²) < 4.78 is 26.4. The average Bonchev–Trinajstić information content (AvgIpc) is 2.29. The predicted molar refractivity (Wildman–Crippen MR) is 53.7 cm³/mol. The zero-order chi connectivity index (χ0) is 11.0. The minimum Gasteiger partial charge on any atom is -0.448 e. The SMILES string of the molecule is CC(C)(C)c1coc(CS(=O)(=O)Cl)n1. The quantitative estimate of drug-likeness (QED) is 0.739. The standard InChI is InChI=1S/C8H12ClNO3S/c1-8(2,3)6-4-13-7(10-6)5-14(9,11)12/h4H,5H2,1-3H3. The van der Waals surface area contributed by atoms with Crippen LogP contribution >= 0.6 is 10.7 Å². The van der Waals surface area contributed by atoms with Gasteiger partial charge in [0.15, 0.2) is 0 Å². The zero-order valence-electron chi connectivity index (χ0n) is 8.24. The molecule has 0 spiro atoms. The van der Waals surface area contributed by atoms with Gasteiger partial charge in [-0.3, -0.25) is 0 Å². The highest BCUT2D eigenvalue weighted by Gasteiger charge is 2.20. The Morgan fingerprint density at radius 2 is 2.07 bits per heavy atom. The lowest BCUT2D eigenvalue weighted by molar-refractivity contribution is 0.505. The molecule has 14 heavy (non-hydrogen) atoms. The van der Waals surface area contributed by atoms with Gasteiger partial charge in [-0.2, -0.15) is 0 Å². The van der Waals surface area contributed by atoms with Gasteiger partial charge in [-0.05, 0) is 0 Å². The molecule has 0 saturated carbocycles. The van der Waals surface area contributed by atoms with Crippen molar-refractivity contribution >= 4 is 19.7 Å². The van der Waals surface area contributed by atoms with Crippen LogP contribution in [0.5, 0.6) is 0 Å². The van der Waals surface area contributed by atoms with E-state index in [1.807, 2.05) is 20.8 Å². The first-order valence-electron chi connectivity index (χ1n) is 4.06. The van der Waals surface area contributed by atoms with E-state index < -0.39 is 9.05 Å². The van der Waals surface area contributed by atoms with Gasteiger partial charge in [0.05, 0.1) is 5.69 Å². The molecule has 0 saturated heterocycles. The van der Waals surface area contributed by atoms with Gasteiger partial charge in [0.1, 0.15) is 12.0 Å². The molecule has 0 aromatic carbocycles. The van der Waals surface area contributed by atoms with Gasteiger partial charge in [0.2, 0.25) is 14.9 Å². The van der Waals surface area contributed by atoms with Gasteiger partial charge in [0, 0.05) is 16.1 Å². The molecule has 6 heteroatoms. The monoisotopic (exact) mass is 237 g/mol. The Balaban J connectivity index is 2.90. The molecule has 0 atom stereocenters. The first-order chi connectivity index (χ1) is 6.18. The summed E-state index contributed by atoms with van der Waals surface area (Å²) in [5, 5.41) is 0. The maximum Gasteiger partial charge on any atom is 0.241 e. The van der Waals surface area contributed by atoms with E-state index in [4.69, 9.17) is 15.1 Å². The third-order valence-electron chi connectivity index (χ3n) is 1.62. The lowest BCUT2D eigenvalue weighted by Crippen LogP contribution is -2.11. The Labute approximate surface area is 87.7 Å². The van der Waals surface area contributed by atoms with Crippen molar-refractivity contribution in [3.8, 4) is 0 Å². The van der Waals surface area contributed by atoms with Gasteiger partial charge in [0.25, 0.3) is 0 Å². The van der Waals surface area contributed by atoms with E-state index in [-0.39, 0.29) is 17.1 Å². The fraction of sp³-hybridized carbons (Fsp3) is 0.625. The second kappa shape index (κ2) is 3.55. The van der Waals surface area contributed by atoms with Gasteiger partial charge >= 0.3 is 0 Å². The van der Waals surface area contributed by atoms with Crippen molar-refractivity contribution in [2.24, 2.45) is 0 Å². The lowest BCUT2D eigenvalue weighted by atomic mass is 9.93. The van der Waals surface area contributed by atoms with Gasteiger partial charge in [-0.15, -0.1) is 0 Å². The Morgan fingerprint density at radius 1 is 1.50 bits per heavy atom. The molecule has 1 aromatic rings. The summed E-state index contributed by atoms with van der Waals surface area (Å²) in [6, 6.07) is 0. The molecule has 4 nitrogen and oxygen atoms in total. The zero-order valence-corrected chi connectivity index (χ0v) is 9.82. The van der Waals surface area contributed by atoms with E-state index in [1.165, 1.54) is 6.26 Å². The number of hydrogen-bond acceptors (Lipinski definition) is 4. The number of halogens is 1. The highest BCUT2D eigenvalue weighted by Crippen LogP contribution is 2.22. The van der Waals surface area contributed by atoms with Crippen molar-refractivity contribution in [2.75, 3.05) is 0 Å². The Kier molecular flexibility index (Phi) is 2.92. The van der Waals surface area contributed by atoms with Crippen molar-refractivity contribution in [3.63, 3.8) is 0 Å². The van der Waals surface area contributed by atoms with E-state index in [1.54, 1.807) is 0 Å². The molecular weight excluding hydrogens is 226 g/mol. The normalized spacial score (nSPS) is 13.1. The molecule has 0 unspecified atom stereocenters. The summed E-state index contributed by atoms with van der Waals surface area (Å²) in [5.74, 6) is -0.241. The molecule has 0 aliphatic carbocycles. The van der Waals surface area contributed by atoms with Crippen LogP contribution in [0.25, 0.3) is 0 Å². The number of hydrogen-bond donors (Lipinski definition) is 0. The summed E-state index contributed by atoms with van der Waals surface area (Å²) in [7, 11) is 1.47. The summed E-state index contributed by atoms with van der Waals surface area (Å²) >= 11 is 0. The third kappa shape index (κ3) is 3.31. The van der Waals surface area contributed by atoms with Crippen molar-refractivity contribution in [1.82, 2.24) is 4.98 Å². The van der Waals surface area contributed by atoms with Crippen LogP contribution in [0.3, 0.4) is 0 Å². The third-order valence-corrected chi connectivity index (χ3v) is 2.54. The number of nitrogens with zero attached hydrogens (tertiary/aromatic N) is 1. The maximum absolute atomic E-state index is 10.7. The van der Waals surface area contributed by atoms with E-state index in [0.717, 1.165) is 0 Å². The second-order valence-corrected chi connectivity index (χ2v) is 6.84. The second-order valence-electron chi connectivity index (χ2n) is 4.06. The molecule has 0 aliphatic rings. The summed E-state index contributed by atoms with van der Waals surface area (Å²) in [6.45, 7) is 5.89.